The highest BCUT2D eigenvalue weighted by molar-refractivity contribution is 9.11. The van der Waals surface area contributed by atoms with Crippen LogP contribution >= 0.6 is 49.9 Å². The van der Waals surface area contributed by atoms with Crippen LogP contribution in [0.1, 0.15) is 79.5 Å². The largest absolute Gasteiger partial charge is 0.498 e. The van der Waals surface area contributed by atoms with Crippen molar-refractivity contribution in [1.82, 2.24) is 30.2 Å². The molecule has 0 aliphatic carbocycles. The zero-order valence-corrected chi connectivity index (χ0v) is 37.1. The number of halogens is 1. The summed E-state index contributed by atoms with van der Waals surface area (Å²) in [5.41, 5.74) is 2.67. The molecule has 0 radical (unpaired) electrons. The van der Waals surface area contributed by atoms with Crippen molar-refractivity contribution in [3.8, 4) is 20.9 Å². The average Bonchev–Trinajstić information content (AvgIpc) is 4.00. The number of hydrogen-bond acceptors (Lipinski definition) is 15. The summed E-state index contributed by atoms with van der Waals surface area (Å²) in [5, 5.41) is 30.9. The Morgan fingerprint density at radius 2 is 1.28 bits per heavy atom. The first kappa shape index (κ1) is 45.8. The summed E-state index contributed by atoms with van der Waals surface area (Å²) < 4.78 is 28.3. The van der Waals surface area contributed by atoms with Gasteiger partial charge in [-0.3, -0.25) is 10.2 Å². The minimum atomic E-state index is -0.897. The number of hydrogen-bond donors (Lipinski definition) is 3. The number of carboxylic acid groups (broad SMARTS) is 1. The Kier molecular flexibility index (Phi) is 15.5. The number of H-pyrrole nitrogens is 2. The third-order valence-electron chi connectivity index (χ3n) is 8.13. The van der Waals surface area contributed by atoms with E-state index in [1.165, 1.54) is 48.2 Å². The third kappa shape index (κ3) is 12.5. The minimum Gasteiger partial charge on any atom is -0.478 e. The van der Waals surface area contributed by atoms with Crippen molar-refractivity contribution >= 4 is 86.5 Å². The van der Waals surface area contributed by atoms with Gasteiger partial charge in [-0.2, -0.15) is 20.0 Å². The summed E-state index contributed by atoms with van der Waals surface area (Å²) in [7, 11) is 2.21. The van der Waals surface area contributed by atoms with E-state index in [4.69, 9.17) is 19.2 Å². The molecule has 1 saturated heterocycles. The van der Waals surface area contributed by atoms with E-state index in [0.717, 1.165) is 29.3 Å². The summed E-state index contributed by atoms with van der Waals surface area (Å²) in [6.45, 7) is 13.3. The lowest BCUT2D eigenvalue weighted by atomic mass is 9.82. The zero-order chi connectivity index (χ0) is 42.8. The summed E-state index contributed by atoms with van der Waals surface area (Å²) in [6, 6.07) is 5.16. The van der Waals surface area contributed by atoms with Gasteiger partial charge in [0.2, 0.25) is 0 Å². The summed E-state index contributed by atoms with van der Waals surface area (Å²) in [5.74, 6) is -1.50. The molecule has 0 saturated carbocycles. The standard InChI is InChI=1S/C14H23BN2O4.C9H8N2O2S.C8H6N2O2S.C6H5BrO2S/c1-12(2,3)19-11(18)17-9-10(8-16-17)15-20-13(4,5)14(6,7)21-15;1-13-9(12)6-2-8(14-5-6)7-3-10-11-4-7;11-8(12)5-1-7(13-4-5)6-2-9-10-3-6;1-9-6(8)4-2-5(7)10-3-4/h8-9H,1-7H3;2-5H,1H3,(H,10,11);1-4H,(H,9,10)(H,11,12);2-3H,1H3. The molecule has 7 heterocycles. The van der Waals surface area contributed by atoms with E-state index in [1.54, 1.807) is 71.5 Å². The molecule has 0 aromatic carbocycles. The number of thiophene rings is 3. The Labute approximate surface area is 355 Å². The molecule has 21 heteroatoms. The molecule has 0 bridgehead atoms. The van der Waals surface area contributed by atoms with Crippen LogP contribution in [-0.2, 0) is 23.5 Å². The van der Waals surface area contributed by atoms with Gasteiger partial charge in [-0.05, 0) is 82.6 Å². The molecule has 308 valence electrons. The van der Waals surface area contributed by atoms with Gasteiger partial charge in [0.05, 0.1) is 58.3 Å². The number of rotatable bonds is 6. The van der Waals surface area contributed by atoms with Crippen LogP contribution in [0.4, 0.5) is 4.79 Å². The number of nitrogens with one attached hydrogen (secondary N) is 2. The van der Waals surface area contributed by atoms with Crippen LogP contribution in [0.5, 0.6) is 0 Å². The Morgan fingerprint density at radius 1 is 0.793 bits per heavy atom. The van der Waals surface area contributed by atoms with Crippen molar-refractivity contribution < 1.29 is 47.8 Å². The molecule has 58 heavy (non-hydrogen) atoms. The number of ether oxygens (including phenoxy) is 3. The summed E-state index contributed by atoms with van der Waals surface area (Å²) >= 11 is 7.59. The van der Waals surface area contributed by atoms with E-state index in [9.17, 15) is 19.2 Å². The van der Waals surface area contributed by atoms with E-state index in [2.05, 4.69) is 50.9 Å². The zero-order valence-electron chi connectivity index (χ0n) is 33.0. The van der Waals surface area contributed by atoms with Crippen molar-refractivity contribution in [3.63, 3.8) is 0 Å². The number of methoxy groups -OCH3 is 2. The number of aromatic carboxylic acids is 1. The number of aromatic nitrogens is 6. The molecule has 7 rings (SSSR count). The number of carbonyl (C=O) groups excluding carboxylic acids is 3. The molecule has 1 fully saturated rings. The molecule has 16 nitrogen and oxygen atoms in total. The Hall–Kier alpha value is -4.93. The van der Waals surface area contributed by atoms with Crippen LogP contribution in [0, 0.1) is 0 Å². The maximum atomic E-state index is 11.9. The second kappa shape index (κ2) is 19.7. The van der Waals surface area contributed by atoms with E-state index >= 15 is 0 Å². The maximum absolute atomic E-state index is 11.9. The lowest BCUT2D eigenvalue weighted by Crippen LogP contribution is -2.41. The lowest BCUT2D eigenvalue weighted by Gasteiger charge is -2.32. The second-order valence-electron chi connectivity index (χ2n) is 14.1. The predicted octanol–water partition coefficient (Wildman–Crippen LogP) is 8.02. The lowest BCUT2D eigenvalue weighted by molar-refractivity contribution is 0.00578. The molecule has 3 N–H and O–H groups in total. The summed E-state index contributed by atoms with van der Waals surface area (Å²) in [4.78, 5) is 46.4. The highest BCUT2D eigenvalue weighted by atomic mass is 79.9. The van der Waals surface area contributed by atoms with Crippen LogP contribution in [0.2, 0.25) is 0 Å². The Bertz CT molecular complexity index is 2260. The van der Waals surface area contributed by atoms with Gasteiger partial charge in [0.25, 0.3) is 0 Å². The fraction of sp³-hybridized carbons (Fsp3) is 0.324. The van der Waals surface area contributed by atoms with E-state index in [0.29, 0.717) is 22.2 Å². The van der Waals surface area contributed by atoms with E-state index < -0.39 is 36.0 Å². The Morgan fingerprint density at radius 3 is 1.69 bits per heavy atom. The van der Waals surface area contributed by atoms with Crippen LogP contribution in [0.25, 0.3) is 20.9 Å². The van der Waals surface area contributed by atoms with E-state index in [-0.39, 0.29) is 11.9 Å². The number of carboxylic acids is 1. The van der Waals surface area contributed by atoms with Gasteiger partial charge >= 0.3 is 31.1 Å². The normalized spacial score (nSPS) is 13.8. The van der Waals surface area contributed by atoms with Gasteiger partial charge in [0, 0.05) is 67.3 Å². The van der Waals surface area contributed by atoms with Gasteiger partial charge in [-0.1, -0.05) is 0 Å². The number of nitrogens with zero attached hydrogens (tertiary/aromatic N) is 4. The molecular weight excluding hydrogens is 875 g/mol. The SMILES string of the molecule is CC(C)(C)OC(=O)n1cc(B2OC(C)(C)C(C)(C)O2)cn1.COC(=O)c1csc(-c2cn[nH]c2)c1.COC(=O)c1csc(Br)c1.O=C(O)c1csc(-c2cn[nH]c2)c1. The third-order valence-corrected chi connectivity index (χ3v) is 11.6. The molecule has 6 aromatic heterocycles. The van der Waals surface area contributed by atoms with Crippen LogP contribution in [0.15, 0.2) is 75.3 Å². The Balaban J connectivity index is 0.000000178. The minimum absolute atomic E-state index is 0.290. The topological polar surface area (TPSA) is 210 Å². The number of carbonyl (C=O) groups is 4. The van der Waals surface area contributed by atoms with Gasteiger partial charge in [-0.25, -0.2) is 19.2 Å². The molecule has 6 aromatic rings. The molecule has 1 aliphatic heterocycles. The van der Waals surface area contributed by atoms with Crippen LogP contribution < -0.4 is 5.46 Å². The predicted molar refractivity (Wildman–Crippen MR) is 225 cm³/mol. The molecule has 1 aliphatic rings. The molecule has 0 spiro atoms. The van der Waals surface area contributed by atoms with Gasteiger partial charge in [0.15, 0.2) is 0 Å². The highest BCUT2D eigenvalue weighted by Gasteiger charge is 2.52. The fourth-order valence-electron chi connectivity index (χ4n) is 4.46. The van der Waals surface area contributed by atoms with Crippen molar-refractivity contribution in [3.05, 3.63) is 92.0 Å². The molecule has 0 amide bonds. The molecule has 0 unspecified atom stereocenters. The molecular formula is C37H42BBrN6O10S3. The van der Waals surface area contributed by atoms with E-state index in [1.807, 2.05) is 48.5 Å². The summed E-state index contributed by atoms with van der Waals surface area (Å²) in [6.07, 6.45) is 9.52. The first-order valence-electron chi connectivity index (χ1n) is 17.2. The van der Waals surface area contributed by atoms with Crippen molar-refractivity contribution in [1.29, 1.82) is 0 Å². The quantitative estimate of drug-likeness (QED) is 0.0822. The van der Waals surface area contributed by atoms with Crippen molar-refractivity contribution in [2.45, 2.75) is 65.3 Å². The van der Waals surface area contributed by atoms with Gasteiger partial charge in [0.1, 0.15) is 5.60 Å². The maximum Gasteiger partial charge on any atom is 0.498 e. The molecule has 0 atom stereocenters. The van der Waals surface area contributed by atoms with Crippen molar-refractivity contribution in [2.24, 2.45) is 0 Å². The average molecular weight is 918 g/mol. The smallest absolute Gasteiger partial charge is 0.478 e. The van der Waals surface area contributed by atoms with Gasteiger partial charge in [-0.15, -0.1) is 34.0 Å². The fourth-order valence-corrected chi connectivity index (χ4v) is 7.32. The second-order valence-corrected chi connectivity index (χ2v) is 18.2. The first-order chi connectivity index (χ1) is 27.2. The first-order valence-corrected chi connectivity index (χ1v) is 20.6. The van der Waals surface area contributed by atoms with Gasteiger partial charge < -0.3 is 28.6 Å². The monoisotopic (exact) mass is 916 g/mol. The van der Waals surface area contributed by atoms with Crippen molar-refractivity contribution in [2.75, 3.05) is 14.2 Å². The number of esters is 2. The number of aromatic amines is 2. The van der Waals surface area contributed by atoms with Crippen LogP contribution in [-0.4, -0.2) is 97.4 Å². The highest BCUT2D eigenvalue weighted by Crippen LogP contribution is 2.36. The van der Waals surface area contributed by atoms with Crippen LogP contribution in [0.3, 0.4) is 0 Å².